The minimum Gasteiger partial charge on any atom is -0.491 e. The fraction of sp³-hybridized carbons (Fsp3) is 0.429. The Morgan fingerprint density at radius 2 is 2.14 bits per heavy atom. The van der Waals surface area contributed by atoms with Gasteiger partial charge in [-0.25, -0.2) is 0 Å². The smallest absolute Gasteiger partial charge is 0.243 e. The number of benzene rings is 1. The van der Waals surface area contributed by atoms with Crippen LogP contribution >= 0.6 is 0 Å². The van der Waals surface area contributed by atoms with Gasteiger partial charge < -0.3 is 25.6 Å². The number of aliphatic hydroxyl groups excluding tert-OH is 1. The van der Waals surface area contributed by atoms with Gasteiger partial charge >= 0.3 is 0 Å². The topological polar surface area (TPSA) is 118 Å². The third-order valence-electron chi connectivity index (χ3n) is 2.47. The number of ether oxygens (including phenoxy) is 2. The highest BCUT2D eigenvalue weighted by molar-refractivity contribution is 5.74. The molecule has 1 aromatic rings. The lowest BCUT2D eigenvalue weighted by Crippen LogP contribution is -2.33. The lowest BCUT2D eigenvalue weighted by Gasteiger charge is -2.13. The number of hydrogen-bond donors (Lipinski definition) is 3. The van der Waals surface area contributed by atoms with Gasteiger partial charge in [-0.2, -0.15) is 5.26 Å². The summed E-state index contributed by atoms with van der Waals surface area (Å²) >= 11 is 0. The van der Waals surface area contributed by atoms with E-state index in [2.05, 4.69) is 5.32 Å². The van der Waals surface area contributed by atoms with Gasteiger partial charge in [-0.05, 0) is 24.3 Å². The van der Waals surface area contributed by atoms with Crippen molar-refractivity contribution >= 4 is 5.91 Å². The highest BCUT2D eigenvalue weighted by Gasteiger charge is 2.05. The molecule has 0 bridgehead atoms. The third-order valence-corrected chi connectivity index (χ3v) is 2.47. The van der Waals surface area contributed by atoms with E-state index in [0.717, 1.165) is 0 Å². The van der Waals surface area contributed by atoms with Gasteiger partial charge in [0.1, 0.15) is 25.1 Å². The SMILES string of the molecule is N#Cc1ccc(OCC(O)CNCCOCC(N)=O)cc1. The van der Waals surface area contributed by atoms with Crippen LogP contribution in [0.4, 0.5) is 0 Å². The molecule has 1 aromatic carbocycles. The maximum absolute atomic E-state index is 10.4. The van der Waals surface area contributed by atoms with Crippen molar-refractivity contribution in [3.05, 3.63) is 29.8 Å². The molecule has 114 valence electrons. The van der Waals surface area contributed by atoms with E-state index in [4.69, 9.17) is 20.5 Å². The Hall–Kier alpha value is -2.14. The highest BCUT2D eigenvalue weighted by atomic mass is 16.5. The fourth-order valence-corrected chi connectivity index (χ4v) is 1.46. The van der Waals surface area contributed by atoms with Gasteiger partial charge in [-0.15, -0.1) is 0 Å². The number of hydrogen-bond acceptors (Lipinski definition) is 6. The number of nitrogens with zero attached hydrogens (tertiary/aromatic N) is 1. The molecule has 1 amide bonds. The van der Waals surface area contributed by atoms with Crippen LogP contribution in [0.15, 0.2) is 24.3 Å². The van der Waals surface area contributed by atoms with E-state index in [1.165, 1.54) is 0 Å². The summed E-state index contributed by atoms with van der Waals surface area (Å²) in [5.41, 5.74) is 5.47. The molecule has 0 aliphatic heterocycles. The second-order valence-electron chi connectivity index (χ2n) is 4.32. The van der Waals surface area contributed by atoms with Crippen LogP contribution < -0.4 is 15.8 Å². The quantitative estimate of drug-likeness (QED) is 0.495. The molecule has 1 unspecified atom stereocenters. The fourth-order valence-electron chi connectivity index (χ4n) is 1.46. The summed E-state index contributed by atoms with van der Waals surface area (Å²) in [6.07, 6.45) is -0.670. The number of rotatable bonds is 10. The molecule has 0 fully saturated rings. The zero-order valence-electron chi connectivity index (χ0n) is 11.6. The molecule has 1 rings (SSSR count). The van der Waals surface area contributed by atoms with Crippen molar-refractivity contribution < 1.29 is 19.4 Å². The van der Waals surface area contributed by atoms with Crippen LogP contribution in [0.3, 0.4) is 0 Å². The van der Waals surface area contributed by atoms with Gasteiger partial charge in [0.05, 0.1) is 18.2 Å². The standard InChI is InChI=1S/C14H19N3O4/c15-7-11-1-3-13(4-2-11)21-9-12(18)8-17-5-6-20-10-14(16)19/h1-4,12,17-18H,5-6,8-10H2,(H2,16,19). The average Bonchev–Trinajstić information content (AvgIpc) is 2.49. The molecular formula is C14H19N3O4. The highest BCUT2D eigenvalue weighted by Crippen LogP contribution is 2.11. The molecular weight excluding hydrogens is 274 g/mol. The Labute approximate surface area is 123 Å². The maximum atomic E-state index is 10.4. The molecule has 0 saturated heterocycles. The second-order valence-corrected chi connectivity index (χ2v) is 4.32. The van der Waals surface area contributed by atoms with Crippen LogP contribution in [0.5, 0.6) is 5.75 Å². The lowest BCUT2D eigenvalue weighted by atomic mass is 10.2. The summed E-state index contributed by atoms with van der Waals surface area (Å²) in [7, 11) is 0. The first-order chi connectivity index (χ1) is 10.1. The lowest BCUT2D eigenvalue weighted by molar-refractivity contribution is -0.122. The molecule has 0 aliphatic rings. The van der Waals surface area contributed by atoms with Gasteiger partial charge in [0.15, 0.2) is 0 Å². The van der Waals surface area contributed by atoms with Crippen molar-refractivity contribution in [1.29, 1.82) is 5.26 Å². The normalized spacial score (nSPS) is 11.6. The first kappa shape index (κ1) is 16.9. The number of primary amides is 1. The summed E-state index contributed by atoms with van der Waals surface area (Å²) in [5.74, 6) is 0.0868. The first-order valence-corrected chi connectivity index (χ1v) is 6.49. The molecule has 7 nitrogen and oxygen atoms in total. The number of nitrogens with one attached hydrogen (secondary N) is 1. The molecule has 0 spiro atoms. The summed E-state index contributed by atoms with van der Waals surface area (Å²) < 4.78 is 10.3. The van der Waals surface area contributed by atoms with E-state index in [1.807, 2.05) is 6.07 Å². The minimum absolute atomic E-state index is 0.105. The third kappa shape index (κ3) is 7.89. The number of aliphatic hydroxyl groups is 1. The monoisotopic (exact) mass is 293 g/mol. The summed E-state index contributed by atoms with van der Waals surface area (Å²) in [5, 5.41) is 21.3. The van der Waals surface area contributed by atoms with E-state index >= 15 is 0 Å². The molecule has 7 heteroatoms. The molecule has 4 N–H and O–H groups in total. The summed E-state index contributed by atoms with van der Waals surface area (Å²) in [4.78, 5) is 10.4. The second kappa shape index (κ2) is 9.72. The Morgan fingerprint density at radius 3 is 2.76 bits per heavy atom. The maximum Gasteiger partial charge on any atom is 0.243 e. The number of carbonyl (C=O) groups excluding carboxylic acids is 1. The van der Waals surface area contributed by atoms with Gasteiger partial charge in [-0.1, -0.05) is 0 Å². The van der Waals surface area contributed by atoms with Gasteiger partial charge in [0.25, 0.3) is 0 Å². The van der Waals surface area contributed by atoms with E-state index in [-0.39, 0.29) is 13.2 Å². The number of nitrogens with two attached hydrogens (primary N) is 1. The first-order valence-electron chi connectivity index (χ1n) is 6.49. The van der Waals surface area contributed by atoms with Crippen LogP contribution in [-0.2, 0) is 9.53 Å². The van der Waals surface area contributed by atoms with E-state index < -0.39 is 12.0 Å². The van der Waals surface area contributed by atoms with Crippen LogP contribution in [0.2, 0.25) is 0 Å². The predicted molar refractivity (Wildman–Crippen MR) is 75.5 cm³/mol. The molecule has 0 saturated carbocycles. The van der Waals surface area contributed by atoms with Crippen LogP contribution in [0, 0.1) is 11.3 Å². The molecule has 0 aromatic heterocycles. The van der Waals surface area contributed by atoms with Gasteiger partial charge in [-0.3, -0.25) is 4.79 Å². The van der Waals surface area contributed by atoms with Gasteiger partial charge in [0.2, 0.25) is 5.91 Å². The molecule has 0 aliphatic carbocycles. The van der Waals surface area contributed by atoms with Crippen molar-refractivity contribution in [2.45, 2.75) is 6.10 Å². The Bertz CT molecular complexity index is 470. The summed E-state index contributed by atoms with van der Waals surface area (Å²) in [6.45, 7) is 1.22. The Kier molecular flexibility index (Phi) is 7.82. The molecule has 1 atom stereocenters. The summed E-state index contributed by atoms with van der Waals surface area (Å²) in [6, 6.07) is 8.67. The van der Waals surface area contributed by atoms with E-state index in [1.54, 1.807) is 24.3 Å². The Morgan fingerprint density at radius 1 is 1.43 bits per heavy atom. The average molecular weight is 293 g/mol. The van der Waals surface area contributed by atoms with E-state index in [0.29, 0.717) is 31.0 Å². The minimum atomic E-state index is -0.670. The predicted octanol–water partition coefficient (Wildman–Crippen LogP) is -0.611. The number of amides is 1. The van der Waals surface area contributed by atoms with E-state index in [9.17, 15) is 9.90 Å². The number of carbonyl (C=O) groups is 1. The van der Waals surface area contributed by atoms with Crippen molar-refractivity contribution in [3.63, 3.8) is 0 Å². The number of nitriles is 1. The largest absolute Gasteiger partial charge is 0.491 e. The van der Waals surface area contributed by atoms with Crippen molar-refractivity contribution in [3.8, 4) is 11.8 Å². The molecule has 0 heterocycles. The van der Waals surface area contributed by atoms with Crippen LogP contribution in [0.1, 0.15) is 5.56 Å². The molecule has 21 heavy (non-hydrogen) atoms. The zero-order valence-corrected chi connectivity index (χ0v) is 11.6. The van der Waals surface area contributed by atoms with Crippen molar-refractivity contribution in [2.75, 3.05) is 32.9 Å². The van der Waals surface area contributed by atoms with Crippen molar-refractivity contribution in [2.24, 2.45) is 5.73 Å². The van der Waals surface area contributed by atoms with Crippen LogP contribution in [0.25, 0.3) is 0 Å². The van der Waals surface area contributed by atoms with Crippen molar-refractivity contribution in [1.82, 2.24) is 5.32 Å². The van der Waals surface area contributed by atoms with Gasteiger partial charge in [0, 0.05) is 13.1 Å². The molecule has 0 radical (unpaired) electrons. The Balaban J connectivity index is 2.09. The zero-order chi connectivity index (χ0) is 15.5. The van der Waals surface area contributed by atoms with Crippen LogP contribution in [-0.4, -0.2) is 50.0 Å².